The van der Waals surface area contributed by atoms with Crippen molar-refractivity contribution < 1.29 is 4.79 Å². The van der Waals surface area contributed by atoms with E-state index in [-0.39, 0.29) is 5.91 Å². The largest absolute Gasteiger partial charge is 0.337 e. The molecule has 4 aliphatic rings. The zero-order valence-corrected chi connectivity index (χ0v) is 18.1. The Morgan fingerprint density at radius 1 is 1.10 bits per heavy atom. The first kappa shape index (κ1) is 19.6. The predicted molar refractivity (Wildman–Crippen MR) is 115 cm³/mol. The van der Waals surface area contributed by atoms with Gasteiger partial charge in [0, 0.05) is 30.9 Å². The fourth-order valence-electron chi connectivity index (χ4n) is 6.98. The maximum Gasteiger partial charge on any atom is 0.274 e. The van der Waals surface area contributed by atoms with Crippen molar-refractivity contribution >= 4 is 5.91 Å². The molecule has 5 rings (SSSR count). The van der Waals surface area contributed by atoms with E-state index in [2.05, 4.69) is 26.9 Å². The van der Waals surface area contributed by atoms with E-state index in [0.717, 1.165) is 31.1 Å². The van der Waals surface area contributed by atoms with Crippen LogP contribution in [-0.2, 0) is 6.42 Å². The quantitative estimate of drug-likeness (QED) is 0.825. The number of rotatable bonds is 4. The third-order valence-electron chi connectivity index (χ3n) is 8.44. The Bertz CT molecular complexity index is 709. The summed E-state index contributed by atoms with van der Waals surface area (Å²) in [6.45, 7) is 5.26. The third-order valence-corrected chi connectivity index (χ3v) is 8.44. The number of hydrogen-bond donors (Lipinski definition) is 1. The molecule has 5 nitrogen and oxygen atoms in total. The van der Waals surface area contributed by atoms with Crippen LogP contribution in [0.25, 0.3) is 0 Å². The van der Waals surface area contributed by atoms with Crippen LogP contribution in [0.1, 0.15) is 87.3 Å². The molecule has 4 fully saturated rings. The number of piperidine rings is 3. The van der Waals surface area contributed by atoms with Gasteiger partial charge in [0.25, 0.3) is 5.91 Å². The topological polar surface area (TPSA) is 52.2 Å². The molecule has 0 spiro atoms. The van der Waals surface area contributed by atoms with Crippen LogP contribution < -0.4 is 0 Å². The smallest absolute Gasteiger partial charge is 0.274 e. The fourth-order valence-corrected chi connectivity index (χ4v) is 6.98. The maximum atomic E-state index is 13.2. The molecular weight excluding hydrogens is 360 g/mol. The zero-order valence-electron chi connectivity index (χ0n) is 18.1. The van der Waals surface area contributed by atoms with Gasteiger partial charge in [-0.15, -0.1) is 0 Å². The first-order chi connectivity index (χ1) is 14.2. The van der Waals surface area contributed by atoms with Gasteiger partial charge in [-0.2, -0.15) is 5.10 Å². The summed E-state index contributed by atoms with van der Waals surface area (Å²) >= 11 is 0. The number of H-pyrrole nitrogens is 1. The summed E-state index contributed by atoms with van der Waals surface area (Å²) in [4.78, 5) is 18.3. The number of aromatic amines is 1. The van der Waals surface area contributed by atoms with Gasteiger partial charge < -0.3 is 4.90 Å². The van der Waals surface area contributed by atoms with Gasteiger partial charge in [0.15, 0.2) is 0 Å². The Morgan fingerprint density at radius 2 is 1.90 bits per heavy atom. The Morgan fingerprint density at radius 3 is 2.69 bits per heavy atom. The van der Waals surface area contributed by atoms with Crippen LogP contribution in [0.15, 0.2) is 6.07 Å². The van der Waals surface area contributed by atoms with Gasteiger partial charge in [0.05, 0.1) is 0 Å². The van der Waals surface area contributed by atoms with Gasteiger partial charge in [0.2, 0.25) is 0 Å². The second-order valence-electron chi connectivity index (χ2n) is 10.2. The van der Waals surface area contributed by atoms with E-state index in [1.807, 2.05) is 6.07 Å². The number of nitrogens with one attached hydrogen (secondary N) is 1. The van der Waals surface area contributed by atoms with Gasteiger partial charge in [-0.1, -0.05) is 45.4 Å². The molecule has 1 saturated carbocycles. The van der Waals surface area contributed by atoms with E-state index in [9.17, 15) is 4.79 Å². The number of nitrogens with zero attached hydrogens (tertiary/aromatic N) is 3. The van der Waals surface area contributed by atoms with Crippen LogP contribution in [0.2, 0.25) is 0 Å². The van der Waals surface area contributed by atoms with E-state index in [4.69, 9.17) is 0 Å². The van der Waals surface area contributed by atoms with E-state index in [1.54, 1.807) is 0 Å². The molecule has 4 atom stereocenters. The molecular formula is C24H38N4O. The predicted octanol–water partition coefficient (Wildman–Crippen LogP) is 4.26. The van der Waals surface area contributed by atoms with E-state index < -0.39 is 0 Å². The highest BCUT2D eigenvalue weighted by Crippen LogP contribution is 2.44. The van der Waals surface area contributed by atoms with E-state index >= 15 is 0 Å². The van der Waals surface area contributed by atoms with Crippen molar-refractivity contribution in [2.24, 2.45) is 17.8 Å². The number of fused-ring (bicyclic) bond motifs is 4. The minimum Gasteiger partial charge on any atom is -0.337 e. The van der Waals surface area contributed by atoms with Gasteiger partial charge in [0.1, 0.15) is 5.69 Å². The van der Waals surface area contributed by atoms with Gasteiger partial charge in [-0.05, 0) is 62.5 Å². The molecule has 1 N–H and O–H groups in total. The van der Waals surface area contributed by atoms with E-state index in [0.29, 0.717) is 29.6 Å². The zero-order chi connectivity index (χ0) is 19.8. The van der Waals surface area contributed by atoms with Crippen molar-refractivity contribution in [3.63, 3.8) is 0 Å². The Balaban J connectivity index is 1.35. The first-order valence-corrected chi connectivity index (χ1v) is 12.3. The molecule has 3 saturated heterocycles. The second-order valence-corrected chi connectivity index (χ2v) is 10.2. The molecule has 1 amide bonds. The second kappa shape index (κ2) is 8.41. The maximum absolute atomic E-state index is 13.2. The fraction of sp³-hybridized carbons (Fsp3) is 0.833. The molecule has 160 valence electrons. The lowest BCUT2D eigenvalue weighted by atomic mass is 9.69. The van der Waals surface area contributed by atoms with Crippen molar-refractivity contribution in [2.75, 3.05) is 19.6 Å². The Kier molecular flexibility index (Phi) is 5.68. The van der Waals surface area contributed by atoms with E-state index in [1.165, 1.54) is 70.8 Å². The molecule has 4 heterocycles. The highest BCUT2D eigenvalue weighted by molar-refractivity contribution is 5.92. The van der Waals surface area contributed by atoms with Gasteiger partial charge in [-0.3, -0.25) is 14.8 Å². The van der Waals surface area contributed by atoms with Gasteiger partial charge in [-0.25, -0.2) is 0 Å². The summed E-state index contributed by atoms with van der Waals surface area (Å²) < 4.78 is 0. The lowest BCUT2D eigenvalue weighted by Crippen LogP contribution is -2.64. The third kappa shape index (κ3) is 3.87. The highest BCUT2D eigenvalue weighted by atomic mass is 16.2. The van der Waals surface area contributed by atoms with Crippen molar-refractivity contribution in [1.82, 2.24) is 20.0 Å². The summed E-state index contributed by atoms with van der Waals surface area (Å²) in [5.41, 5.74) is 1.67. The lowest BCUT2D eigenvalue weighted by Gasteiger charge is -2.57. The monoisotopic (exact) mass is 398 g/mol. The molecule has 1 aromatic heterocycles. The number of aryl methyl sites for hydroxylation is 1. The molecule has 1 aromatic rings. The summed E-state index contributed by atoms with van der Waals surface area (Å²) in [6.07, 6.45) is 14.8. The normalized spacial score (nSPS) is 33.5. The average Bonchev–Trinajstić information content (AvgIpc) is 3.26. The van der Waals surface area contributed by atoms with Crippen molar-refractivity contribution in [1.29, 1.82) is 0 Å². The number of carbonyl (C=O) groups is 1. The minimum atomic E-state index is 0.149. The minimum absolute atomic E-state index is 0.149. The van der Waals surface area contributed by atoms with Crippen LogP contribution in [0.3, 0.4) is 0 Å². The molecule has 29 heavy (non-hydrogen) atoms. The van der Waals surface area contributed by atoms with Crippen LogP contribution in [0.4, 0.5) is 0 Å². The molecule has 5 heteroatoms. The molecule has 2 bridgehead atoms. The Hall–Kier alpha value is -1.36. The number of aromatic nitrogens is 2. The standard InChI is InChI=1S/C24H38N4O/c1-2-20-14-21(26-25-20)24(29)27-15-18-13-19(16-27)23(12-17-8-4-3-5-9-17)28-11-7-6-10-22(18)28/h14,17-19,22-23H,2-13,15-16H2,1H3,(H,25,26)/t18-,19+,22+,23+/m1/s1. The van der Waals surface area contributed by atoms with Crippen LogP contribution in [-0.4, -0.2) is 57.6 Å². The summed E-state index contributed by atoms with van der Waals surface area (Å²) in [5, 5.41) is 7.35. The lowest BCUT2D eigenvalue weighted by molar-refractivity contribution is -0.0726. The van der Waals surface area contributed by atoms with Crippen molar-refractivity contribution in [2.45, 2.75) is 89.6 Å². The van der Waals surface area contributed by atoms with Crippen LogP contribution >= 0.6 is 0 Å². The first-order valence-electron chi connectivity index (χ1n) is 12.3. The molecule has 0 radical (unpaired) electrons. The molecule has 1 aliphatic carbocycles. The number of likely N-dealkylation sites (tertiary alicyclic amines) is 1. The summed E-state index contributed by atoms with van der Waals surface area (Å²) in [5.74, 6) is 2.37. The molecule has 0 unspecified atom stereocenters. The number of hydrogen-bond acceptors (Lipinski definition) is 3. The van der Waals surface area contributed by atoms with Crippen LogP contribution in [0.5, 0.6) is 0 Å². The van der Waals surface area contributed by atoms with Crippen LogP contribution in [0, 0.1) is 17.8 Å². The summed E-state index contributed by atoms with van der Waals surface area (Å²) in [6, 6.07) is 3.36. The van der Waals surface area contributed by atoms with Crippen molar-refractivity contribution in [3.05, 3.63) is 17.5 Å². The van der Waals surface area contributed by atoms with Gasteiger partial charge >= 0.3 is 0 Å². The number of amides is 1. The Labute approximate surface area is 175 Å². The molecule has 0 aromatic carbocycles. The van der Waals surface area contributed by atoms with Crippen molar-refractivity contribution in [3.8, 4) is 0 Å². The SMILES string of the molecule is CCc1cc(C(=O)N2C[C@H]3C[C@@H](C2)[C@H](CC2CCCCC2)N2CCCC[C@@H]32)n[nH]1. The average molecular weight is 399 g/mol. The highest BCUT2D eigenvalue weighted by Gasteiger charge is 2.48. The number of carbonyl (C=O) groups excluding carboxylic acids is 1. The summed E-state index contributed by atoms with van der Waals surface area (Å²) in [7, 11) is 0. The molecule has 3 aliphatic heterocycles.